The van der Waals surface area contributed by atoms with Crippen LogP contribution in [0, 0.1) is 17.8 Å². The summed E-state index contributed by atoms with van der Waals surface area (Å²) in [5.41, 5.74) is 3.86. The van der Waals surface area contributed by atoms with E-state index in [1.807, 2.05) is 6.07 Å². The standard InChI is InChI=1S/C42H78O3S/c1-8-15-19-20-21-22-23-24-25-26-30-40-41(34-37(13-6)28-17-10-3)39(33-36(12-5)27-16-9-2)31-32-42(40)46(43,44)45-35-38(14-7)29-18-11-4/h31-32,36-38H,8-30,33-35H2,1-7H3. The van der Waals surface area contributed by atoms with Crippen LogP contribution < -0.4 is 0 Å². The van der Waals surface area contributed by atoms with Crippen LogP contribution in [-0.4, -0.2) is 15.0 Å². The van der Waals surface area contributed by atoms with Crippen molar-refractivity contribution in [1.29, 1.82) is 0 Å². The van der Waals surface area contributed by atoms with E-state index in [0.717, 1.165) is 63.4 Å². The highest BCUT2D eigenvalue weighted by molar-refractivity contribution is 7.86. The molecule has 0 heterocycles. The van der Waals surface area contributed by atoms with Gasteiger partial charge in [0, 0.05) is 0 Å². The molecule has 0 aliphatic carbocycles. The number of unbranched alkanes of at least 4 members (excludes halogenated alkanes) is 12. The van der Waals surface area contributed by atoms with Gasteiger partial charge in [-0.3, -0.25) is 4.18 Å². The van der Waals surface area contributed by atoms with Crippen molar-refractivity contribution >= 4 is 10.1 Å². The lowest BCUT2D eigenvalue weighted by molar-refractivity contribution is 0.238. The molecule has 3 unspecified atom stereocenters. The van der Waals surface area contributed by atoms with Gasteiger partial charge in [0.05, 0.1) is 11.5 Å². The van der Waals surface area contributed by atoms with Crippen LogP contribution in [0.1, 0.15) is 206 Å². The van der Waals surface area contributed by atoms with Gasteiger partial charge in [-0.25, -0.2) is 0 Å². The van der Waals surface area contributed by atoms with E-state index in [9.17, 15) is 8.42 Å². The average molecular weight is 663 g/mol. The Morgan fingerprint density at radius 2 is 0.978 bits per heavy atom. The molecule has 0 spiro atoms. The Bertz CT molecular complexity index is 969. The molecule has 0 aromatic heterocycles. The van der Waals surface area contributed by atoms with Gasteiger partial charge in [0.25, 0.3) is 10.1 Å². The second-order valence-corrected chi connectivity index (χ2v) is 16.1. The maximum atomic E-state index is 14.0. The molecule has 0 saturated heterocycles. The molecule has 0 saturated carbocycles. The van der Waals surface area contributed by atoms with Gasteiger partial charge < -0.3 is 0 Å². The largest absolute Gasteiger partial charge is 0.297 e. The van der Waals surface area contributed by atoms with E-state index >= 15 is 0 Å². The molecule has 270 valence electrons. The summed E-state index contributed by atoms with van der Waals surface area (Å²) in [4.78, 5) is 0.472. The zero-order valence-corrected chi connectivity index (χ0v) is 32.7. The maximum Gasteiger partial charge on any atom is 0.297 e. The van der Waals surface area contributed by atoms with Gasteiger partial charge in [-0.05, 0) is 72.6 Å². The quantitative estimate of drug-likeness (QED) is 0.0587. The minimum absolute atomic E-state index is 0.293. The summed E-state index contributed by atoms with van der Waals surface area (Å²) < 4.78 is 34.0. The first-order chi connectivity index (χ1) is 22.3. The Labute approximate surface area is 289 Å². The number of benzene rings is 1. The van der Waals surface area contributed by atoms with Crippen LogP contribution in [0.5, 0.6) is 0 Å². The van der Waals surface area contributed by atoms with Gasteiger partial charge in [0.15, 0.2) is 0 Å². The van der Waals surface area contributed by atoms with Gasteiger partial charge in [0.1, 0.15) is 0 Å². The van der Waals surface area contributed by atoms with E-state index in [1.165, 1.54) is 114 Å². The first-order valence-electron chi connectivity index (χ1n) is 20.3. The summed E-state index contributed by atoms with van der Waals surface area (Å²) in [7, 11) is -3.83. The highest BCUT2D eigenvalue weighted by Crippen LogP contribution is 2.33. The van der Waals surface area contributed by atoms with Crippen LogP contribution in [-0.2, 0) is 33.6 Å². The van der Waals surface area contributed by atoms with Crippen molar-refractivity contribution in [2.24, 2.45) is 17.8 Å². The van der Waals surface area contributed by atoms with E-state index in [4.69, 9.17) is 4.18 Å². The van der Waals surface area contributed by atoms with Gasteiger partial charge in [-0.2, -0.15) is 8.42 Å². The van der Waals surface area contributed by atoms with E-state index < -0.39 is 10.1 Å². The van der Waals surface area contributed by atoms with Crippen LogP contribution in [0.2, 0.25) is 0 Å². The van der Waals surface area contributed by atoms with Crippen LogP contribution >= 0.6 is 0 Å². The summed E-state index contributed by atoms with van der Waals surface area (Å²) >= 11 is 0. The number of rotatable bonds is 31. The van der Waals surface area contributed by atoms with E-state index in [-0.39, 0.29) is 0 Å². The number of hydrogen-bond acceptors (Lipinski definition) is 3. The van der Waals surface area contributed by atoms with Crippen molar-refractivity contribution in [1.82, 2.24) is 0 Å². The number of hydrogen-bond donors (Lipinski definition) is 0. The lowest BCUT2D eigenvalue weighted by atomic mass is 9.82. The molecular weight excluding hydrogens is 585 g/mol. The molecule has 4 heteroatoms. The molecule has 0 bridgehead atoms. The molecule has 0 N–H and O–H groups in total. The van der Waals surface area contributed by atoms with Crippen molar-refractivity contribution in [3.63, 3.8) is 0 Å². The van der Waals surface area contributed by atoms with Crippen molar-refractivity contribution in [3.8, 4) is 0 Å². The highest BCUT2D eigenvalue weighted by Gasteiger charge is 2.26. The fourth-order valence-electron chi connectivity index (χ4n) is 7.10. The summed E-state index contributed by atoms with van der Waals surface area (Å²) in [6.07, 6.45) is 29.8. The predicted molar refractivity (Wildman–Crippen MR) is 202 cm³/mol. The molecule has 0 radical (unpaired) electrons. The smallest absolute Gasteiger partial charge is 0.266 e. The van der Waals surface area contributed by atoms with Gasteiger partial charge in [0.2, 0.25) is 0 Å². The predicted octanol–water partition coefficient (Wildman–Crippen LogP) is 13.6. The van der Waals surface area contributed by atoms with E-state index in [0.29, 0.717) is 29.3 Å². The van der Waals surface area contributed by atoms with Crippen LogP contribution in [0.3, 0.4) is 0 Å². The summed E-state index contributed by atoms with van der Waals surface area (Å²) in [5.74, 6) is 1.54. The third kappa shape index (κ3) is 17.5. The Hall–Kier alpha value is -0.870. The molecular formula is C42H78O3S. The zero-order chi connectivity index (χ0) is 34.0. The van der Waals surface area contributed by atoms with E-state index in [2.05, 4.69) is 54.5 Å². The fraction of sp³-hybridized carbons (Fsp3) is 0.857. The Balaban J connectivity index is 3.39. The topological polar surface area (TPSA) is 43.4 Å². The Morgan fingerprint density at radius 3 is 1.48 bits per heavy atom. The van der Waals surface area contributed by atoms with Crippen LogP contribution in [0.15, 0.2) is 17.0 Å². The second kappa shape index (κ2) is 27.0. The average Bonchev–Trinajstić information content (AvgIpc) is 3.06. The van der Waals surface area contributed by atoms with Crippen molar-refractivity contribution < 1.29 is 12.6 Å². The van der Waals surface area contributed by atoms with Crippen molar-refractivity contribution in [2.75, 3.05) is 6.61 Å². The third-order valence-electron chi connectivity index (χ3n) is 10.6. The Morgan fingerprint density at radius 1 is 0.522 bits per heavy atom. The minimum Gasteiger partial charge on any atom is -0.266 e. The van der Waals surface area contributed by atoms with E-state index in [1.54, 1.807) is 0 Å². The first kappa shape index (κ1) is 43.2. The maximum absolute atomic E-state index is 14.0. The molecule has 0 amide bonds. The van der Waals surface area contributed by atoms with Crippen LogP contribution in [0.4, 0.5) is 0 Å². The van der Waals surface area contributed by atoms with Crippen molar-refractivity contribution in [2.45, 2.75) is 214 Å². The molecule has 3 atom stereocenters. The Kier molecular flexibility index (Phi) is 25.3. The first-order valence-corrected chi connectivity index (χ1v) is 21.7. The molecule has 3 nitrogen and oxygen atoms in total. The molecule has 0 fully saturated rings. The molecule has 1 aromatic carbocycles. The van der Waals surface area contributed by atoms with Gasteiger partial charge >= 0.3 is 0 Å². The van der Waals surface area contributed by atoms with Gasteiger partial charge in [-0.15, -0.1) is 0 Å². The molecule has 46 heavy (non-hydrogen) atoms. The monoisotopic (exact) mass is 663 g/mol. The minimum atomic E-state index is -3.83. The summed E-state index contributed by atoms with van der Waals surface area (Å²) in [5, 5.41) is 0. The lowest BCUT2D eigenvalue weighted by Crippen LogP contribution is -2.19. The van der Waals surface area contributed by atoms with Crippen LogP contribution in [0.25, 0.3) is 0 Å². The molecule has 1 aromatic rings. The molecule has 0 aliphatic heterocycles. The molecule has 1 rings (SSSR count). The van der Waals surface area contributed by atoms with Gasteiger partial charge in [-0.1, -0.05) is 183 Å². The third-order valence-corrected chi connectivity index (χ3v) is 12.0. The summed E-state index contributed by atoms with van der Waals surface area (Å²) in [6.45, 7) is 16.2. The second-order valence-electron chi connectivity index (χ2n) is 14.5. The fourth-order valence-corrected chi connectivity index (χ4v) is 8.36. The normalized spacial score (nSPS) is 14.1. The SMILES string of the molecule is CCCCCCCCCCCCc1c(S(=O)(=O)OCC(CC)CCCC)ccc(CC(CC)CCCC)c1CC(CC)CCCC. The molecule has 0 aliphatic rings. The zero-order valence-electron chi connectivity index (χ0n) is 31.9. The summed E-state index contributed by atoms with van der Waals surface area (Å²) in [6, 6.07) is 4.12. The lowest BCUT2D eigenvalue weighted by Gasteiger charge is -2.25. The van der Waals surface area contributed by atoms with Crippen molar-refractivity contribution in [3.05, 3.63) is 28.8 Å². The highest BCUT2D eigenvalue weighted by atomic mass is 32.2.